The molecule has 6 aromatic rings. The molecule has 14 nitrogen and oxygen atoms in total. The number of ketones is 1. The van der Waals surface area contributed by atoms with E-state index in [2.05, 4.69) is 70.8 Å². The third kappa shape index (κ3) is 12.7. The van der Waals surface area contributed by atoms with Crippen LogP contribution in [0.2, 0.25) is 10.0 Å². The fraction of sp³-hybridized carbons (Fsp3) is 0.382. The molecule has 2 aliphatic carbocycles. The van der Waals surface area contributed by atoms with Crippen molar-refractivity contribution < 1.29 is 45.8 Å². The molecular formula is C55H59BrCl2F6N10O4. The number of fused-ring (bicyclic) bond motifs is 4. The molecule has 3 atom stereocenters. The highest BCUT2D eigenvalue weighted by Gasteiger charge is 2.60. The zero-order valence-corrected chi connectivity index (χ0v) is 45.8. The number of amides is 1. The van der Waals surface area contributed by atoms with Gasteiger partial charge in [-0.25, -0.2) is 14.8 Å². The van der Waals surface area contributed by atoms with Crippen LogP contribution in [0.3, 0.4) is 0 Å². The molecule has 0 spiro atoms. The second kappa shape index (κ2) is 23.8. The Hall–Kier alpha value is -5.94. The number of hydrogen-bond donors (Lipinski definition) is 1. The summed E-state index contributed by atoms with van der Waals surface area (Å²) >= 11 is 16.4. The lowest BCUT2D eigenvalue weighted by Crippen LogP contribution is -2.51. The van der Waals surface area contributed by atoms with Crippen LogP contribution in [0.4, 0.5) is 31.1 Å². The molecule has 0 bridgehead atoms. The number of Topliss-reactive ketones (excluding diaryl/α,β-unsaturated/α-hetero) is 1. The summed E-state index contributed by atoms with van der Waals surface area (Å²) in [6.07, 6.45) is 0.891. The highest BCUT2D eigenvalue weighted by molar-refractivity contribution is 9.15. The molecule has 416 valence electrons. The summed E-state index contributed by atoms with van der Waals surface area (Å²) in [5, 5.41) is 12.7. The number of pyridine rings is 2. The third-order valence-electron chi connectivity index (χ3n) is 13.5. The fourth-order valence-electron chi connectivity index (χ4n) is 9.75. The van der Waals surface area contributed by atoms with Crippen LogP contribution in [-0.4, -0.2) is 143 Å². The van der Waals surface area contributed by atoms with Crippen molar-refractivity contribution in [3.8, 4) is 0 Å². The Labute approximate surface area is 467 Å². The van der Waals surface area contributed by atoms with Crippen molar-refractivity contribution >= 4 is 73.2 Å². The largest absolute Gasteiger partial charge is 0.456 e. The van der Waals surface area contributed by atoms with Crippen molar-refractivity contribution in [2.45, 2.75) is 63.8 Å². The van der Waals surface area contributed by atoms with E-state index in [0.717, 1.165) is 74.8 Å². The van der Waals surface area contributed by atoms with Gasteiger partial charge in [-0.1, -0.05) is 70.8 Å². The quantitative estimate of drug-likeness (QED) is 0.130. The lowest BCUT2D eigenvalue weighted by molar-refractivity contribution is -0.242. The van der Waals surface area contributed by atoms with Gasteiger partial charge in [-0.15, -0.1) is 0 Å². The summed E-state index contributed by atoms with van der Waals surface area (Å²) in [5.74, 6) is -1.87. The normalized spacial score (nSPS) is 18.7. The molecule has 6 heterocycles. The summed E-state index contributed by atoms with van der Waals surface area (Å²) in [6.45, 7) is 11.2. The van der Waals surface area contributed by atoms with Crippen molar-refractivity contribution in [2.24, 2.45) is 14.1 Å². The lowest BCUT2D eigenvalue weighted by atomic mass is 9.82. The smallest absolute Gasteiger partial charge is 0.444 e. The number of piperazine rings is 2. The van der Waals surface area contributed by atoms with Gasteiger partial charge in [0.25, 0.3) is 5.78 Å². The van der Waals surface area contributed by atoms with Crippen LogP contribution in [0.1, 0.15) is 101 Å². The van der Waals surface area contributed by atoms with Crippen LogP contribution in [0, 0.1) is 0 Å². The predicted molar refractivity (Wildman–Crippen MR) is 292 cm³/mol. The standard InChI is InChI=1S/C29H31ClF3N5O3.C19H19BrClN3.C6H5F3N2O.CH4/c1-27(2,3)41-26(39)38-12-10-37(11-13-38)25-20-8-7-19(30)15-21(20)22(14-18-6-5-9-35-24(18)25)28(40,29(31,32)33)23-16-34-17-36(23)4;1-23-7-9-24(10-8-23)19-15-5-4-14(21)12-16(15)17(20)11-13-3-2-6-22-18(13)19;1-11-3-10-2-4(11)5(12)6(7,8)9;/h5-9,14-17,25,40H,10-13H2,1-4H3;2-6,11-12,19H,7-10H2,1H3;2-3H,1H3;1H4/t25-,28?;19-;;/m00../s1. The average molecular weight is 1190 g/mol. The number of aryl methyl sites for hydroxylation is 2. The van der Waals surface area contributed by atoms with E-state index in [1.54, 1.807) is 56.1 Å². The van der Waals surface area contributed by atoms with Crippen molar-refractivity contribution in [2.75, 3.05) is 59.4 Å². The summed E-state index contributed by atoms with van der Waals surface area (Å²) in [6, 6.07) is 18.0. The van der Waals surface area contributed by atoms with Gasteiger partial charge < -0.3 is 28.8 Å². The van der Waals surface area contributed by atoms with Gasteiger partial charge in [-0.3, -0.25) is 24.6 Å². The number of aliphatic hydroxyl groups is 1. The Kier molecular flexibility index (Phi) is 18.2. The van der Waals surface area contributed by atoms with Crippen molar-refractivity contribution in [1.82, 2.24) is 48.7 Å². The summed E-state index contributed by atoms with van der Waals surface area (Å²) in [4.78, 5) is 48.5. The Morgan fingerprint density at radius 1 is 0.692 bits per heavy atom. The van der Waals surface area contributed by atoms with E-state index >= 15 is 0 Å². The van der Waals surface area contributed by atoms with Gasteiger partial charge in [0.1, 0.15) is 11.3 Å². The van der Waals surface area contributed by atoms with E-state index in [1.165, 1.54) is 43.7 Å². The Bertz CT molecular complexity index is 3200. The van der Waals surface area contributed by atoms with Crippen LogP contribution in [-0.2, 0) is 24.4 Å². The SMILES string of the molecule is C.CN1CCN([C@H]2c3ccc(Cl)cc3C(Br)=Cc3cccnc32)CC1.Cn1cncc1C(=O)C(F)(F)F.Cn1cncc1C(O)(C1=Cc2cccnc2[C@@H](N2CCN(C(=O)OC(C)(C)C)CC2)c2ccc(Cl)cc21)C(F)(F)F. The van der Waals surface area contributed by atoms with Gasteiger partial charge in [0.15, 0.2) is 0 Å². The van der Waals surface area contributed by atoms with E-state index in [0.29, 0.717) is 43.0 Å². The maximum absolute atomic E-state index is 15.0. The minimum Gasteiger partial charge on any atom is -0.444 e. The first-order chi connectivity index (χ1) is 36.3. The zero-order valence-electron chi connectivity index (χ0n) is 42.7. The molecule has 78 heavy (non-hydrogen) atoms. The van der Waals surface area contributed by atoms with E-state index in [9.17, 15) is 41.0 Å². The molecule has 2 saturated heterocycles. The number of halogens is 9. The van der Waals surface area contributed by atoms with Crippen molar-refractivity contribution in [1.29, 1.82) is 0 Å². The number of alkyl halides is 6. The third-order valence-corrected chi connectivity index (χ3v) is 14.7. The molecular weight excluding hydrogens is 1130 g/mol. The van der Waals surface area contributed by atoms with Crippen LogP contribution in [0.5, 0.6) is 0 Å². The van der Waals surface area contributed by atoms with Crippen molar-refractivity contribution in [3.63, 3.8) is 0 Å². The van der Waals surface area contributed by atoms with E-state index in [-0.39, 0.29) is 29.6 Å². The molecule has 1 amide bonds. The van der Waals surface area contributed by atoms with Gasteiger partial charge in [0.05, 0.1) is 54.2 Å². The first kappa shape index (κ1) is 59.7. The monoisotopic (exact) mass is 1190 g/mol. The summed E-state index contributed by atoms with van der Waals surface area (Å²) < 4.78 is 89.1. The molecule has 23 heteroatoms. The van der Waals surface area contributed by atoms with Crippen LogP contribution >= 0.6 is 39.1 Å². The second-order valence-electron chi connectivity index (χ2n) is 19.9. The number of carbonyl (C=O) groups excluding carboxylic acids is 2. The van der Waals surface area contributed by atoms with Gasteiger partial charge in [-0.05, 0) is 110 Å². The fourth-order valence-corrected chi connectivity index (χ4v) is 10.7. The molecule has 4 aliphatic rings. The molecule has 1 unspecified atom stereocenters. The van der Waals surface area contributed by atoms with Gasteiger partial charge in [0.2, 0.25) is 5.60 Å². The number of benzene rings is 2. The van der Waals surface area contributed by atoms with Gasteiger partial charge in [0, 0.05) is 98.9 Å². The van der Waals surface area contributed by atoms with E-state index in [1.807, 2.05) is 24.4 Å². The van der Waals surface area contributed by atoms with Gasteiger partial charge in [-0.2, -0.15) is 26.3 Å². The molecule has 2 fully saturated rings. The van der Waals surface area contributed by atoms with Crippen LogP contribution < -0.4 is 0 Å². The van der Waals surface area contributed by atoms with Crippen LogP contribution in [0.25, 0.3) is 22.2 Å². The maximum Gasteiger partial charge on any atom is 0.456 e. The molecule has 0 radical (unpaired) electrons. The van der Waals surface area contributed by atoms with Crippen LogP contribution in [0.15, 0.2) is 98.1 Å². The first-order valence-corrected chi connectivity index (χ1v) is 25.9. The van der Waals surface area contributed by atoms with Crippen molar-refractivity contribution in [3.05, 3.63) is 164 Å². The zero-order chi connectivity index (χ0) is 55.8. The number of aromatic nitrogens is 6. The molecule has 2 aromatic carbocycles. The number of ether oxygens (including phenoxy) is 1. The van der Waals surface area contributed by atoms with E-state index < -0.39 is 52.9 Å². The number of hydrogen-bond acceptors (Lipinski definition) is 11. The minimum atomic E-state index is -5.10. The molecule has 2 aliphatic heterocycles. The minimum absolute atomic E-state index is 0. The molecule has 1 N–H and O–H groups in total. The summed E-state index contributed by atoms with van der Waals surface area (Å²) in [7, 11) is 4.91. The number of rotatable bonds is 5. The highest BCUT2D eigenvalue weighted by Crippen LogP contribution is 2.53. The van der Waals surface area contributed by atoms with Gasteiger partial charge >= 0.3 is 18.4 Å². The second-order valence-corrected chi connectivity index (χ2v) is 21.7. The molecule has 0 saturated carbocycles. The molecule has 4 aromatic heterocycles. The molecule has 10 rings (SSSR count). The van der Waals surface area contributed by atoms with E-state index in [4.69, 9.17) is 32.9 Å². The maximum atomic E-state index is 15.0. The topological polar surface area (TPSA) is 138 Å². The number of carbonyl (C=O) groups is 2. The number of likely N-dealkylation sites (N-methyl/N-ethyl adjacent to an activating group) is 1. The highest BCUT2D eigenvalue weighted by atomic mass is 79.9. The number of nitrogens with zero attached hydrogens (tertiary/aromatic N) is 10. The number of imidazole rings is 2. The Balaban J connectivity index is 0.000000199. The Morgan fingerprint density at radius 3 is 1.68 bits per heavy atom. The summed E-state index contributed by atoms with van der Waals surface area (Å²) in [5.41, 5.74) is 1.02. The lowest BCUT2D eigenvalue weighted by Gasteiger charge is -2.40. The average Bonchev–Trinajstić information content (AvgIpc) is 4.07. The Morgan fingerprint density at radius 2 is 1.19 bits per heavy atom. The first-order valence-electron chi connectivity index (χ1n) is 24.3. The predicted octanol–water partition coefficient (Wildman–Crippen LogP) is 11.5.